The van der Waals surface area contributed by atoms with Crippen molar-refractivity contribution in [1.29, 1.82) is 0 Å². The number of Topliss-reactive ketones (excluding diaryl/α,β-unsaturated/α-hetero) is 1. The lowest BCUT2D eigenvalue weighted by Gasteiger charge is -2.02. The molecule has 2 aromatic rings. The van der Waals surface area contributed by atoms with Crippen LogP contribution in [0, 0.1) is 5.82 Å². The minimum atomic E-state index is -0.372. The van der Waals surface area contributed by atoms with E-state index in [0.717, 1.165) is 0 Å². The Morgan fingerprint density at radius 2 is 2.31 bits per heavy atom. The van der Waals surface area contributed by atoms with Crippen molar-refractivity contribution in [2.24, 2.45) is 0 Å². The maximum Gasteiger partial charge on any atom is 0.203 e. The van der Waals surface area contributed by atoms with Gasteiger partial charge in [0.1, 0.15) is 12.1 Å². The molecule has 1 heterocycles. The van der Waals surface area contributed by atoms with Crippen LogP contribution in [-0.4, -0.2) is 21.0 Å². The lowest BCUT2D eigenvalue weighted by molar-refractivity contribution is 0.0983. The number of hydrogen-bond donors (Lipinski definition) is 1. The number of H-pyrrole nitrogens is 1. The highest BCUT2D eigenvalue weighted by Gasteiger charge is 2.12. The Morgan fingerprint density at radius 1 is 1.50 bits per heavy atom. The first-order valence-corrected chi connectivity index (χ1v) is 5.28. The van der Waals surface area contributed by atoms with Gasteiger partial charge in [-0.15, -0.1) is 0 Å². The fourth-order valence-electron chi connectivity index (χ4n) is 1.28. The molecular weight excluding hydrogens is 277 g/mol. The molecule has 0 atom stereocenters. The highest BCUT2D eigenvalue weighted by Crippen LogP contribution is 2.19. The molecule has 1 N–H and O–H groups in total. The smallest absolute Gasteiger partial charge is 0.203 e. The van der Waals surface area contributed by atoms with Crippen molar-refractivity contribution >= 4 is 21.7 Å². The summed E-state index contributed by atoms with van der Waals surface area (Å²) in [4.78, 5) is 15.4. The molecule has 0 amide bonds. The van der Waals surface area contributed by atoms with E-state index in [0.29, 0.717) is 10.0 Å². The van der Waals surface area contributed by atoms with Gasteiger partial charge in [-0.25, -0.2) is 9.37 Å². The van der Waals surface area contributed by atoms with E-state index in [1.165, 1.54) is 18.5 Å². The van der Waals surface area contributed by atoms with Crippen molar-refractivity contribution < 1.29 is 9.18 Å². The van der Waals surface area contributed by atoms with Crippen LogP contribution in [0.5, 0.6) is 0 Å². The highest BCUT2D eigenvalue weighted by atomic mass is 79.9. The minimum absolute atomic E-state index is 0.0769. The van der Waals surface area contributed by atoms with Crippen LogP contribution in [-0.2, 0) is 6.42 Å². The molecule has 82 valence electrons. The van der Waals surface area contributed by atoms with Crippen molar-refractivity contribution in [3.8, 4) is 0 Å². The van der Waals surface area contributed by atoms with Crippen LogP contribution >= 0.6 is 15.9 Å². The van der Waals surface area contributed by atoms with Crippen LogP contribution in [0.3, 0.4) is 0 Å². The van der Waals surface area contributed by atoms with Crippen LogP contribution in [0.4, 0.5) is 4.39 Å². The normalized spacial score (nSPS) is 10.4. The van der Waals surface area contributed by atoms with Crippen molar-refractivity contribution in [3.63, 3.8) is 0 Å². The van der Waals surface area contributed by atoms with Crippen molar-refractivity contribution in [2.45, 2.75) is 6.42 Å². The summed E-state index contributed by atoms with van der Waals surface area (Å²) in [6, 6.07) is 4.21. The molecule has 0 spiro atoms. The van der Waals surface area contributed by atoms with Gasteiger partial charge in [-0.3, -0.25) is 9.89 Å². The molecule has 4 nitrogen and oxygen atoms in total. The molecule has 6 heteroatoms. The summed E-state index contributed by atoms with van der Waals surface area (Å²) in [5.41, 5.74) is 0.585. The number of halogens is 2. The van der Waals surface area contributed by atoms with Crippen LogP contribution in [0.1, 0.15) is 16.2 Å². The van der Waals surface area contributed by atoms with Gasteiger partial charge in [-0.2, -0.15) is 5.10 Å². The molecule has 0 aliphatic rings. The van der Waals surface area contributed by atoms with E-state index in [4.69, 9.17) is 0 Å². The molecule has 16 heavy (non-hydrogen) atoms. The van der Waals surface area contributed by atoms with Crippen LogP contribution < -0.4 is 0 Å². The van der Waals surface area contributed by atoms with Gasteiger partial charge in [0.15, 0.2) is 5.82 Å². The van der Waals surface area contributed by atoms with Crippen molar-refractivity contribution in [1.82, 2.24) is 15.2 Å². The number of ketones is 1. The molecule has 0 fully saturated rings. The number of aromatic amines is 1. The molecule has 0 aliphatic carbocycles. The number of carbonyl (C=O) groups excluding carboxylic acids is 1. The Labute approximate surface area is 99.0 Å². The molecule has 0 saturated heterocycles. The quantitative estimate of drug-likeness (QED) is 0.878. The molecule has 0 unspecified atom stereocenters. The number of carbonyl (C=O) groups is 1. The van der Waals surface area contributed by atoms with Gasteiger partial charge in [0.25, 0.3) is 0 Å². The first kappa shape index (κ1) is 10.9. The molecular formula is C10H7BrFN3O. The molecule has 0 saturated carbocycles. The van der Waals surface area contributed by atoms with Gasteiger partial charge in [0, 0.05) is 10.9 Å². The Bertz CT molecular complexity index is 513. The lowest BCUT2D eigenvalue weighted by atomic mass is 10.1. The number of rotatable bonds is 3. The second kappa shape index (κ2) is 4.52. The second-order valence-corrected chi connectivity index (χ2v) is 4.02. The Kier molecular flexibility index (Phi) is 3.09. The van der Waals surface area contributed by atoms with Gasteiger partial charge in [0.05, 0.1) is 0 Å². The number of benzene rings is 1. The number of nitrogens with one attached hydrogen (secondary N) is 1. The van der Waals surface area contributed by atoms with Crippen LogP contribution in [0.2, 0.25) is 0 Å². The zero-order valence-electron chi connectivity index (χ0n) is 8.08. The second-order valence-electron chi connectivity index (χ2n) is 3.17. The van der Waals surface area contributed by atoms with Crippen molar-refractivity contribution in [3.05, 3.63) is 46.2 Å². The highest BCUT2D eigenvalue weighted by molar-refractivity contribution is 9.10. The topological polar surface area (TPSA) is 58.6 Å². The van der Waals surface area contributed by atoms with Crippen LogP contribution in [0.15, 0.2) is 29.0 Å². The van der Waals surface area contributed by atoms with E-state index in [-0.39, 0.29) is 23.8 Å². The fraction of sp³-hybridized carbons (Fsp3) is 0.100. The Morgan fingerprint density at radius 3 is 3.00 bits per heavy atom. The minimum Gasteiger partial charge on any atom is -0.290 e. The predicted octanol–water partition coefficient (Wildman–Crippen LogP) is 2.13. The molecule has 0 radical (unpaired) electrons. The van der Waals surface area contributed by atoms with E-state index in [1.54, 1.807) is 6.07 Å². The summed E-state index contributed by atoms with van der Waals surface area (Å²) in [5.74, 6) is -0.427. The van der Waals surface area contributed by atoms with E-state index >= 15 is 0 Å². The molecule has 0 bridgehead atoms. The third-order valence-corrected chi connectivity index (χ3v) is 2.81. The number of aromatic nitrogens is 3. The van der Waals surface area contributed by atoms with E-state index in [9.17, 15) is 9.18 Å². The summed E-state index contributed by atoms with van der Waals surface area (Å²) in [5, 5.41) is 6.05. The largest absolute Gasteiger partial charge is 0.290 e. The zero-order valence-corrected chi connectivity index (χ0v) is 9.66. The Balaban J connectivity index is 2.21. The van der Waals surface area contributed by atoms with Gasteiger partial charge < -0.3 is 0 Å². The molecule has 1 aromatic carbocycles. The summed E-state index contributed by atoms with van der Waals surface area (Å²) < 4.78 is 13.7. The van der Waals surface area contributed by atoms with Crippen molar-refractivity contribution in [2.75, 3.05) is 0 Å². The Hall–Kier alpha value is -1.56. The summed E-state index contributed by atoms with van der Waals surface area (Å²) >= 11 is 3.26. The van der Waals surface area contributed by atoms with Gasteiger partial charge in [-0.1, -0.05) is 15.9 Å². The SMILES string of the molecule is O=C(Cc1cc(F)ccc1Br)c1ncn[nH]1. The van der Waals surface area contributed by atoms with Gasteiger partial charge >= 0.3 is 0 Å². The monoisotopic (exact) mass is 283 g/mol. The third kappa shape index (κ3) is 2.33. The van der Waals surface area contributed by atoms with Crippen LogP contribution in [0.25, 0.3) is 0 Å². The molecule has 0 aliphatic heterocycles. The van der Waals surface area contributed by atoms with E-state index in [1.807, 2.05) is 0 Å². The first-order valence-electron chi connectivity index (χ1n) is 4.49. The average Bonchev–Trinajstić information content (AvgIpc) is 2.76. The number of nitrogens with zero attached hydrogens (tertiary/aromatic N) is 2. The number of hydrogen-bond acceptors (Lipinski definition) is 3. The summed E-state index contributed by atoms with van der Waals surface area (Å²) in [6.45, 7) is 0. The maximum absolute atomic E-state index is 13.0. The predicted molar refractivity (Wildman–Crippen MR) is 58.5 cm³/mol. The maximum atomic E-state index is 13.0. The summed E-state index contributed by atoms with van der Waals surface area (Å²) in [6.07, 6.45) is 1.33. The third-order valence-electron chi connectivity index (χ3n) is 2.04. The standard InChI is InChI=1S/C10H7BrFN3O/c11-8-2-1-7(12)3-6(8)4-9(16)10-13-5-14-15-10/h1-3,5H,4H2,(H,13,14,15). The lowest BCUT2D eigenvalue weighted by Crippen LogP contribution is -2.06. The van der Waals surface area contributed by atoms with Gasteiger partial charge in [-0.05, 0) is 23.8 Å². The zero-order chi connectivity index (χ0) is 11.5. The molecule has 2 rings (SSSR count). The van der Waals surface area contributed by atoms with E-state index < -0.39 is 0 Å². The van der Waals surface area contributed by atoms with E-state index in [2.05, 4.69) is 31.1 Å². The average molecular weight is 284 g/mol. The first-order chi connectivity index (χ1) is 7.66. The van der Waals surface area contributed by atoms with Gasteiger partial charge in [0.2, 0.25) is 5.78 Å². The summed E-state index contributed by atoms with van der Waals surface area (Å²) in [7, 11) is 0. The fourth-order valence-corrected chi connectivity index (χ4v) is 1.66. The molecule has 1 aromatic heterocycles.